The van der Waals surface area contributed by atoms with Gasteiger partial charge in [0.1, 0.15) is 0 Å². The van der Waals surface area contributed by atoms with Crippen molar-refractivity contribution in [1.29, 1.82) is 0 Å². The first-order valence-corrected chi connectivity index (χ1v) is 7.83. The largest absolute Gasteiger partial charge is 0.370 e. The third-order valence-corrected chi connectivity index (χ3v) is 4.03. The molecule has 0 heterocycles. The summed E-state index contributed by atoms with van der Waals surface area (Å²) in [5, 5.41) is 0. The van der Waals surface area contributed by atoms with E-state index in [4.69, 9.17) is 4.74 Å². The summed E-state index contributed by atoms with van der Waals surface area (Å²) >= 11 is 5.83. The third kappa shape index (κ3) is 4.34. The van der Waals surface area contributed by atoms with Gasteiger partial charge in [0.25, 0.3) is 0 Å². The first-order chi connectivity index (χ1) is 7.54. The molecule has 1 aromatic carbocycles. The fourth-order valence-corrected chi connectivity index (χ4v) is 2.28. The summed E-state index contributed by atoms with van der Waals surface area (Å²) < 4.78 is 8.16. The minimum Gasteiger partial charge on any atom is -0.370 e. The van der Waals surface area contributed by atoms with Gasteiger partial charge in [-0.2, -0.15) is 0 Å². The number of hydrogen-bond donors (Lipinski definition) is 0. The first kappa shape index (κ1) is 14.5. The van der Waals surface area contributed by atoms with E-state index >= 15 is 0 Å². The summed E-state index contributed by atoms with van der Waals surface area (Å²) in [6.07, 6.45) is 0.495. The Morgan fingerprint density at radius 1 is 1.19 bits per heavy atom. The Balaban J connectivity index is 2.70. The van der Waals surface area contributed by atoms with E-state index in [9.17, 15) is 0 Å². The smallest absolute Gasteiger partial charge is 0.0918 e. The van der Waals surface area contributed by atoms with Crippen molar-refractivity contribution < 1.29 is 4.74 Å². The summed E-state index contributed by atoms with van der Waals surface area (Å²) in [4.78, 5) is 0. The molecule has 0 aliphatic heterocycles. The number of hydrogen-bond acceptors (Lipinski definition) is 1. The maximum absolute atomic E-state index is 6.06. The molecule has 0 saturated carbocycles. The molecule has 90 valence electrons. The molecule has 2 unspecified atom stereocenters. The second kappa shape index (κ2) is 6.97. The standard InChI is InChI=1S/C13H18BrIO/c1-9(2)10(3)16-13(8-15)11-4-6-12(14)7-5-11/h4-7,9-10,13H,8H2,1-3H3. The molecule has 0 N–H and O–H groups in total. The normalized spacial score (nSPS) is 15.1. The lowest BCUT2D eigenvalue weighted by atomic mass is 10.1. The highest BCUT2D eigenvalue weighted by Gasteiger charge is 2.16. The highest BCUT2D eigenvalue weighted by molar-refractivity contribution is 14.1. The summed E-state index contributed by atoms with van der Waals surface area (Å²) in [5.74, 6) is 0.556. The molecule has 0 bridgehead atoms. The summed E-state index contributed by atoms with van der Waals surface area (Å²) in [7, 11) is 0. The average molecular weight is 397 g/mol. The van der Waals surface area contributed by atoms with Crippen molar-refractivity contribution in [3.05, 3.63) is 34.3 Å². The van der Waals surface area contributed by atoms with E-state index in [1.165, 1.54) is 5.56 Å². The minimum atomic E-state index is 0.200. The van der Waals surface area contributed by atoms with Gasteiger partial charge < -0.3 is 4.74 Å². The van der Waals surface area contributed by atoms with Crippen LogP contribution in [-0.4, -0.2) is 10.5 Å². The lowest BCUT2D eigenvalue weighted by Crippen LogP contribution is -2.19. The van der Waals surface area contributed by atoms with Crippen LogP contribution in [0.15, 0.2) is 28.7 Å². The third-order valence-electron chi connectivity index (χ3n) is 2.70. The topological polar surface area (TPSA) is 9.23 Å². The molecular weight excluding hydrogens is 379 g/mol. The van der Waals surface area contributed by atoms with E-state index in [1.54, 1.807) is 0 Å². The van der Waals surface area contributed by atoms with Crippen molar-refractivity contribution in [3.8, 4) is 0 Å². The van der Waals surface area contributed by atoms with Crippen LogP contribution in [0.25, 0.3) is 0 Å². The molecule has 0 fully saturated rings. The first-order valence-electron chi connectivity index (χ1n) is 5.51. The molecule has 1 rings (SSSR count). The van der Waals surface area contributed by atoms with Gasteiger partial charge in [0.15, 0.2) is 0 Å². The summed E-state index contributed by atoms with van der Waals surface area (Å²) in [6.45, 7) is 6.52. The molecule has 0 aliphatic rings. The molecule has 0 amide bonds. The maximum Gasteiger partial charge on any atom is 0.0918 e. The highest BCUT2D eigenvalue weighted by Crippen LogP contribution is 2.25. The Hall–Kier alpha value is 0.390. The van der Waals surface area contributed by atoms with Crippen molar-refractivity contribution in [1.82, 2.24) is 0 Å². The number of benzene rings is 1. The van der Waals surface area contributed by atoms with Gasteiger partial charge in [-0.15, -0.1) is 0 Å². The van der Waals surface area contributed by atoms with Crippen LogP contribution < -0.4 is 0 Å². The summed E-state index contributed by atoms with van der Waals surface area (Å²) in [6, 6.07) is 8.39. The SMILES string of the molecule is CC(C)C(C)OC(CI)c1ccc(Br)cc1. The Morgan fingerprint density at radius 2 is 1.75 bits per heavy atom. The zero-order valence-corrected chi connectivity index (χ0v) is 13.7. The van der Waals surface area contributed by atoms with Crippen LogP contribution in [0, 0.1) is 5.92 Å². The lowest BCUT2D eigenvalue weighted by molar-refractivity contribution is -0.0133. The second-order valence-corrected chi connectivity index (χ2v) is 6.08. The van der Waals surface area contributed by atoms with E-state index in [0.717, 1.165) is 8.90 Å². The van der Waals surface area contributed by atoms with Crippen LogP contribution in [0.4, 0.5) is 0 Å². The molecule has 16 heavy (non-hydrogen) atoms. The Morgan fingerprint density at radius 3 is 2.19 bits per heavy atom. The molecule has 0 aromatic heterocycles. The number of rotatable bonds is 5. The van der Waals surface area contributed by atoms with Gasteiger partial charge in [0, 0.05) is 8.90 Å². The van der Waals surface area contributed by atoms with Gasteiger partial charge >= 0.3 is 0 Å². The van der Waals surface area contributed by atoms with Crippen molar-refractivity contribution in [3.63, 3.8) is 0 Å². The Kier molecular flexibility index (Phi) is 6.29. The van der Waals surface area contributed by atoms with Crippen LogP contribution in [0.2, 0.25) is 0 Å². The fraction of sp³-hybridized carbons (Fsp3) is 0.538. The predicted molar refractivity (Wildman–Crippen MR) is 81.2 cm³/mol. The molecule has 3 heteroatoms. The van der Waals surface area contributed by atoms with Crippen molar-refractivity contribution in [2.24, 2.45) is 5.92 Å². The molecule has 2 atom stereocenters. The zero-order valence-electron chi connectivity index (χ0n) is 9.91. The monoisotopic (exact) mass is 396 g/mol. The Labute approximate surface area is 120 Å². The molecule has 0 saturated heterocycles. The number of halogens is 2. The molecule has 1 aromatic rings. The maximum atomic E-state index is 6.06. The van der Waals surface area contributed by atoms with Crippen LogP contribution >= 0.6 is 38.5 Å². The average Bonchev–Trinajstić information content (AvgIpc) is 2.26. The van der Waals surface area contributed by atoms with Crippen LogP contribution in [0.5, 0.6) is 0 Å². The predicted octanol–water partition coefficient (Wildman–Crippen LogP) is 4.99. The van der Waals surface area contributed by atoms with Crippen molar-refractivity contribution >= 4 is 38.5 Å². The van der Waals surface area contributed by atoms with Gasteiger partial charge in [-0.05, 0) is 30.5 Å². The molecule has 0 spiro atoms. The van der Waals surface area contributed by atoms with Gasteiger partial charge in [-0.25, -0.2) is 0 Å². The Bertz CT molecular complexity index is 310. The molecule has 1 nitrogen and oxygen atoms in total. The number of ether oxygens (including phenoxy) is 1. The quantitative estimate of drug-likeness (QED) is 0.503. The highest BCUT2D eigenvalue weighted by atomic mass is 127. The van der Waals surface area contributed by atoms with Crippen LogP contribution in [-0.2, 0) is 4.74 Å². The van der Waals surface area contributed by atoms with E-state index in [2.05, 4.69) is 83.6 Å². The van der Waals surface area contributed by atoms with E-state index in [-0.39, 0.29) is 6.10 Å². The number of alkyl halides is 1. The summed E-state index contributed by atoms with van der Waals surface area (Å²) in [5.41, 5.74) is 1.25. The van der Waals surface area contributed by atoms with Gasteiger partial charge in [0.05, 0.1) is 12.2 Å². The second-order valence-electron chi connectivity index (χ2n) is 4.28. The van der Waals surface area contributed by atoms with E-state index < -0.39 is 0 Å². The van der Waals surface area contributed by atoms with Gasteiger partial charge in [-0.1, -0.05) is 64.5 Å². The van der Waals surface area contributed by atoms with E-state index in [0.29, 0.717) is 12.0 Å². The molecular formula is C13H18BrIO. The van der Waals surface area contributed by atoms with Gasteiger partial charge in [-0.3, -0.25) is 0 Å². The van der Waals surface area contributed by atoms with Crippen LogP contribution in [0.3, 0.4) is 0 Å². The fourth-order valence-electron chi connectivity index (χ4n) is 1.30. The molecule has 0 radical (unpaired) electrons. The van der Waals surface area contributed by atoms with Crippen LogP contribution in [0.1, 0.15) is 32.4 Å². The van der Waals surface area contributed by atoms with Crippen molar-refractivity contribution in [2.45, 2.75) is 33.0 Å². The minimum absolute atomic E-state index is 0.200. The van der Waals surface area contributed by atoms with Crippen molar-refractivity contribution in [2.75, 3.05) is 4.43 Å². The lowest BCUT2D eigenvalue weighted by Gasteiger charge is -2.23. The van der Waals surface area contributed by atoms with E-state index in [1.807, 2.05) is 0 Å². The van der Waals surface area contributed by atoms with Gasteiger partial charge in [0.2, 0.25) is 0 Å². The zero-order chi connectivity index (χ0) is 12.1. The molecule has 0 aliphatic carbocycles.